The van der Waals surface area contributed by atoms with E-state index in [4.69, 9.17) is 16.3 Å². The number of methoxy groups -OCH3 is 1. The fourth-order valence-corrected chi connectivity index (χ4v) is 6.48. The van der Waals surface area contributed by atoms with Crippen LogP contribution in [0.3, 0.4) is 0 Å². The first kappa shape index (κ1) is 27.4. The van der Waals surface area contributed by atoms with Gasteiger partial charge in [0.05, 0.1) is 18.9 Å². The van der Waals surface area contributed by atoms with Crippen molar-refractivity contribution < 1.29 is 22.3 Å². The first-order chi connectivity index (χ1) is 16.4. The van der Waals surface area contributed by atoms with Gasteiger partial charge in [0.1, 0.15) is 11.6 Å². The molecule has 0 saturated carbocycles. The van der Waals surface area contributed by atoms with Gasteiger partial charge in [0.2, 0.25) is 15.9 Å². The third kappa shape index (κ3) is 6.35. The van der Waals surface area contributed by atoms with Gasteiger partial charge >= 0.3 is 0 Å². The molecule has 0 aliphatic carbocycles. The van der Waals surface area contributed by atoms with Crippen molar-refractivity contribution in [1.82, 2.24) is 9.62 Å². The summed E-state index contributed by atoms with van der Waals surface area (Å²) < 4.78 is 46.7. The number of nitrogens with one attached hydrogen (secondary N) is 1. The van der Waals surface area contributed by atoms with Gasteiger partial charge < -0.3 is 10.1 Å². The molecule has 2 aromatic carbocycles. The van der Waals surface area contributed by atoms with Gasteiger partial charge in [0, 0.05) is 29.6 Å². The molecule has 1 N–H and O–H groups in total. The quantitative estimate of drug-likeness (QED) is 0.506. The third-order valence-electron chi connectivity index (χ3n) is 6.67. The van der Waals surface area contributed by atoms with Gasteiger partial charge in [-0.1, -0.05) is 31.5 Å². The molecule has 1 heterocycles. The normalized spacial score (nSPS) is 16.3. The van der Waals surface area contributed by atoms with Crippen molar-refractivity contribution in [2.24, 2.45) is 5.92 Å². The van der Waals surface area contributed by atoms with Gasteiger partial charge in [-0.05, 0) is 73.6 Å². The predicted molar refractivity (Wildman–Crippen MR) is 137 cm³/mol. The summed E-state index contributed by atoms with van der Waals surface area (Å²) in [7, 11) is -2.10. The van der Waals surface area contributed by atoms with E-state index in [0.29, 0.717) is 12.8 Å². The van der Waals surface area contributed by atoms with Crippen LogP contribution in [0.2, 0.25) is 5.02 Å². The van der Waals surface area contributed by atoms with Crippen LogP contribution < -0.4 is 10.1 Å². The zero-order valence-electron chi connectivity index (χ0n) is 20.9. The van der Waals surface area contributed by atoms with E-state index >= 15 is 0 Å². The molecule has 0 radical (unpaired) electrons. The van der Waals surface area contributed by atoms with Crippen molar-refractivity contribution >= 4 is 27.5 Å². The topological polar surface area (TPSA) is 75.7 Å². The molecule has 1 aliphatic rings. The summed E-state index contributed by atoms with van der Waals surface area (Å²) >= 11 is 6.01. The molecule has 1 atom stereocenters. The highest BCUT2D eigenvalue weighted by Crippen LogP contribution is 2.32. The van der Waals surface area contributed by atoms with E-state index in [-0.39, 0.29) is 47.5 Å². The molecule has 1 aliphatic heterocycles. The molecule has 0 aromatic heterocycles. The van der Waals surface area contributed by atoms with Crippen LogP contribution in [0.15, 0.2) is 30.3 Å². The summed E-state index contributed by atoms with van der Waals surface area (Å²) in [6.07, 6.45) is 0.809. The number of hydrogen-bond acceptors (Lipinski definition) is 4. The molecule has 6 nitrogen and oxygen atoms in total. The van der Waals surface area contributed by atoms with Crippen LogP contribution in [0.25, 0.3) is 0 Å². The predicted octanol–water partition coefficient (Wildman–Crippen LogP) is 5.34. The minimum atomic E-state index is -3.76. The molecular weight excluding hydrogens is 491 g/mol. The lowest BCUT2D eigenvalue weighted by molar-refractivity contribution is -0.126. The number of aryl methyl sites for hydroxylation is 1. The zero-order chi connectivity index (χ0) is 25.9. The van der Waals surface area contributed by atoms with Crippen LogP contribution in [0.1, 0.15) is 67.8 Å². The second-order valence-electron chi connectivity index (χ2n) is 9.47. The van der Waals surface area contributed by atoms with E-state index in [1.165, 1.54) is 22.5 Å². The smallest absolute Gasteiger partial charge is 0.223 e. The largest absolute Gasteiger partial charge is 0.496 e. The Balaban J connectivity index is 1.63. The lowest BCUT2D eigenvalue weighted by Crippen LogP contribution is -2.43. The Kier molecular flexibility index (Phi) is 8.83. The molecular formula is C26H34ClFN2O4S. The first-order valence-corrected chi connectivity index (χ1v) is 13.8. The number of ether oxygens (including phenoxy) is 1. The lowest BCUT2D eigenvalue weighted by Gasteiger charge is -2.31. The summed E-state index contributed by atoms with van der Waals surface area (Å²) in [5, 5.41) is 3.19. The Bertz CT molecular complexity index is 1160. The highest BCUT2D eigenvalue weighted by molar-refractivity contribution is 7.88. The van der Waals surface area contributed by atoms with E-state index in [9.17, 15) is 17.6 Å². The Morgan fingerprint density at radius 2 is 1.86 bits per heavy atom. The highest BCUT2D eigenvalue weighted by Gasteiger charge is 2.32. The standard InChI is InChI=1S/C26H34ClFN2O4S/c1-16(2)20-14-21(17(3)13-25(20)34-5)18(4)29-26(31)19-9-11-30(12-10-19)35(32,33)15-22-23(27)7-6-8-24(22)28/h6-8,13-14,16,18-19H,9-12,15H2,1-5H3,(H,29,31)/t18-/m1/s1. The molecule has 1 fully saturated rings. The van der Waals surface area contributed by atoms with Gasteiger partial charge in [-0.3, -0.25) is 4.79 Å². The summed E-state index contributed by atoms with van der Waals surface area (Å²) in [5.74, 6) is -0.403. The second kappa shape index (κ2) is 11.3. The SMILES string of the molecule is COc1cc(C)c([C@@H](C)NC(=O)C2CCN(S(=O)(=O)Cc3c(F)cccc3Cl)CC2)cc1C(C)C. The van der Waals surface area contributed by atoms with Gasteiger partial charge in [-0.25, -0.2) is 17.1 Å². The Labute approximate surface area is 212 Å². The van der Waals surface area contributed by atoms with Crippen LogP contribution in [-0.4, -0.2) is 38.8 Å². The summed E-state index contributed by atoms with van der Waals surface area (Å²) in [4.78, 5) is 13.0. The second-order valence-corrected chi connectivity index (χ2v) is 11.8. The molecule has 1 amide bonds. The number of carbonyl (C=O) groups is 1. The van der Waals surface area contributed by atoms with Crippen LogP contribution in [0.4, 0.5) is 4.39 Å². The summed E-state index contributed by atoms with van der Waals surface area (Å²) in [5.41, 5.74) is 3.12. The van der Waals surface area contributed by atoms with Crippen molar-refractivity contribution in [3.8, 4) is 5.75 Å². The third-order valence-corrected chi connectivity index (χ3v) is 8.83. The number of amides is 1. The summed E-state index contributed by atoms with van der Waals surface area (Å²) in [6.45, 7) is 8.56. The van der Waals surface area contributed by atoms with Crippen molar-refractivity contribution in [3.63, 3.8) is 0 Å². The lowest BCUT2D eigenvalue weighted by atomic mass is 9.92. The van der Waals surface area contributed by atoms with Crippen LogP contribution in [-0.2, 0) is 20.6 Å². The maximum atomic E-state index is 14.1. The number of benzene rings is 2. The van der Waals surface area contributed by atoms with Crippen molar-refractivity contribution in [2.75, 3.05) is 20.2 Å². The van der Waals surface area contributed by atoms with Crippen LogP contribution in [0, 0.1) is 18.7 Å². The number of halogens is 2. The average Bonchev–Trinajstić information content (AvgIpc) is 2.81. The van der Waals surface area contributed by atoms with Crippen molar-refractivity contribution in [2.45, 2.75) is 58.2 Å². The number of sulfonamides is 1. The van der Waals surface area contributed by atoms with E-state index in [2.05, 4.69) is 25.2 Å². The molecule has 2 aromatic rings. The minimum absolute atomic E-state index is 0.0292. The minimum Gasteiger partial charge on any atom is -0.496 e. The molecule has 0 unspecified atom stereocenters. The highest BCUT2D eigenvalue weighted by atomic mass is 35.5. The van der Waals surface area contributed by atoms with Gasteiger partial charge in [-0.15, -0.1) is 0 Å². The molecule has 0 spiro atoms. The van der Waals surface area contributed by atoms with Gasteiger partial charge in [-0.2, -0.15) is 0 Å². The number of nitrogens with zero attached hydrogens (tertiary/aromatic N) is 1. The molecule has 192 valence electrons. The maximum Gasteiger partial charge on any atom is 0.223 e. The van der Waals surface area contributed by atoms with Crippen molar-refractivity contribution in [3.05, 3.63) is 63.4 Å². The monoisotopic (exact) mass is 524 g/mol. The molecule has 3 rings (SSSR count). The van der Waals surface area contributed by atoms with E-state index in [0.717, 1.165) is 22.4 Å². The Hall–Kier alpha value is -2.16. The van der Waals surface area contributed by atoms with Crippen LogP contribution >= 0.6 is 11.6 Å². The number of piperidine rings is 1. The number of hydrogen-bond donors (Lipinski definition) is 1. The van der Waals surface area contributed by atoms with E-state index in [1.807, 2.05) is 19.9 Å². The first-order valence-electron chi connectivity index (χ1n) is 11.8. The fourth-order valence-electron chi connectivity index (χ4n) is 4.56. The molecule has 1 saturated heterocycles. The molecule has 9 heteroatoms. The van der Waals surface area contributed by atoms with Crippen LogP contribution in [0.5, 0.6) is 5.75 Å². The number of carbonyl (C=O) groups excluding carboxylic acids is 1. The maximum absolute atomic E-state index is 14.1. The zero-order valence-corrected chi connectivity index (χ0v) is 22.5. The molecule has 35 heavy (non-hydrogen) atoms. The Morgan fingerprint density at radius 1 is 1.20 bits per heavy atom. The molecule has 0 bridgehead atoms. The number of rotatable bonds is 8. The van der Waals surface area contributed by atoms with E-state index < -0.39 is 21.6 Å². The summed E-state index contributed by atoms with van der Waals surface area (Å²) in [6, 6.07) is 8.00. The van der Waals surface area contributed by atoms with Gasteiger partial charge in [0.15, 0.2) is 0 Å². The van der Waals surface area contributed by atoms with Gasteiger partial charge in [0.25, 0.3) is 0 Å². The Morgan fingerprint density at radius 3 is 2.43 bits per heavy atom. The van der Waals surface area contributed by atoms with E-state index in [1.54, 1.807) is 7.11 Å². The average molecular weight is 525 g/mol. The fraction of sp³-hybridized carbons (Fsp3) is 0.500. The van der Waals surface area contributed by atoms with Crippen molar-refractivity contribution in [1.29, 1.82) is 0 Å².